The second-order valence-corrected chi connectivity index (χ2v) is 7.10. The van der Waals surface area contributed by atoms with Gasteiger partial charge in [-0.05, 0) is 37.1 Å². The molecule has 5 heteroatoms. The van der Waals surface area contributed by atoms with E-state index >= 15 is 0 Å². The zero-order chi connectivity index (χ0) is 15.8. The van der Waals surface area contributed by atoms with E-state index in [2.05, 4.69) is 39.6 Å². The van der Waals surface area contributed by atoms with Gasteiger partial charge < -0.3 is 15.2 Å². The van der Waals surface area contributed by atoms with Crippen molar-refractivity contribution in [1.82, 2.24) is 4.90 Å². The van der Waals surface area contributed by atoms with Crippen molar-refractivity contribution in [2.45, 2.75) is 39.8 Å². The molecule has 2 atom stereocenters. The SMILES string of the molecule is CC(N(C)C(CN)c1cc(Cl)c2c(c1)OCO2)C(C)(C)C. The van der Waals surface area contributed by atoms with Gasteiger partial charge in [0.2, 0.25) is 6.79 Å². The molecule has 1 aromatic carbocycles. The van der Waals surface area contributed by atoms with Crippen LogP contribution in [0.5, 0.6) is 11.5 Å². The number of ether oxygens (including phenoxy) is 2. The molecule has 0 radical (unpaired) electrons. The average molecular weight is 313 g/mol. The lowest BCUT2D eigenvalue weighted by Crippen LogP contribution is -2.43. The summed E-state index contributed by atoms with van der Waals surface area (Å²) >= 11 is 6.29. The molecule has 1 heterocycles. The molecule has 0 bridgehead atoms. The Balaban J connectivity index is 2.32. The Hall–Kier alpha value is -0.970. The van der Waals surface area contributed by atoms with Crippen molar-refractivity contribution in [2.24, 2.45) is 11.1 Å². The number of likely N-dealkylation sites (N-methyl/N-ethyl adjacent to an activating group) is 1. The van der Waals surface area contributed by atoms with Crippen molar-refractivity contribution in [1.29, 1.82) is 0 Å². The molecular formula is C16H25ClN2O2. The van der Waals surface area contributed by atoms with Gasteiger partial charge >= 0.3 is 0 Å². The zero-order valence-corrected chi connectivity index (χ0v) is 14.2. The predicted molar refractivity (Wildman–Crippen MR) is 86.1 cm³/mol. The predicted octanol–water partition coefficient (Wildman–Crippen LogP) is 3.43. The van der Waals surface area contributed by atoms with Crippen LogP contribution in [-0.4, -0.2) is 31.3 Å². The van der Waals surface area contributed by atoms with Crippen LogP contribution in [0.3, 0.4) is 0 Å². The minimum absolute atomic E-state index is 0.0891. The molecule has 0 aliphatic carbocycles. The molecule has 0 fully saturated rings. The molecule has 21 heavy (non-hydrogen) atoms. The lowest BCUT2D eigenvalue weighted by molar-refractivity contribution is 0.1000. The Morgan fingerprint density at radius 2 is 2.00 bits per heavy atom. The summed E-state index contributed by atoms with van der Waals surface area (Å²) < 4.78 is 10.8. The second-order valence-electron chi connectivity index (χ2n) is 6.70. The maximum absolute atomic E-state index is 6.29. The van der Waals surface area contributed by atoms with Gasteiger partial charge in [-0.25, -0.2) is 0 Å². The minimum Gasteiger partial charge on any atom is -0.454 e. The monoisotopic (exact) mass is 312 g/mol. The minimum atomic E-state index is 0.0891. The third-order valence-corrected chi connectivity index (χ3v) is 4.69. The summed E-state index contributed by atoms with van der Waals surface area (Å²) in [6.07, 6.45) is 0. The maximum atomic E-state index is 6.29. The number of nitrogens with zero attached hydrogens (tertiary/aromatic N) is 1. The lowest BCUT2D eigenvalue weighted by atomic mass is 9.86. The van der Waals surface area contributed by atoms with Gasteiger partial charge in [0.15, 0.2) is 11.5 Å². The first-order valence-electron chi connectivity index (χ1n) is 7.26. The number of rotatable bonds is 4. The van der Waals surface area contributed by atoms with Crippen molar-refractivity contribution < 1.29 is 9.47 Å². The Bertz CT molecular complexity index is 514. The molecule has 0 aromatic heterocycles. The summed E-state index contributed by atoms with van der Waals surface area (Å²) in [5.41, 5.74) is 7.25. The van der Waals surface area contributed by atoms with Gasteiger partial charge in [-0.15, -0.1) is 0 Å². The average Bonchev–Trinajstić information content (AvgIpc) is 2.86. The summed E-state index contributed by atoms with van der Waals surface area (Å²) in [4.78, 5) is 2.30. The quantitative estimate of drug-likeness (QED) is 0.925. The van der Waals surface area contributed by atoms with Gasteiger partial charge in [-0.3, -0.25) is 4.90 Å². The van der Waals surface area contributed by atoms with Crippen LogP contribution in [0.1, 0.15) is 39.3 Å². The molecule has 2 unspecified atom stereocenters. The number of nitrogens with two attached hydrogens (primary N) is 1. The van der Waals surface area contributed by atoms with Crippen molar-refractivity contribution in [2.75, 3.05) is 20.4 Å². The van der Waals surface area contributed by atoms with E-state index in [0.717, 1.165) is 5.56 Å². The fraction of sp³-hybridized carbons (Fsp3) is 0.625. The van der Waals surface area contributed by atoms with Crippen LogP contribution < -0.4 is 15.2 Å². The summed E-state index contributed by atoms with van der Waals surface area (Å²) in [5.74, 6) is 1.33. The van der Waals surface area contributed by atoms with Crippen molar-refractivity contribution in [3.63, 3.8) is 0 Å². The van der Waals surface area contributed by atoms with Gasteiger partial charge in [-0.1, -0.05) is 32.4 Å². The maximum Gasteiger partial charge on any atom is 0.231 e. The third-order valence-electron chi connectivity index (χ3n) is 4.41. The first kappa shape index (κ1) is 16.4. The molecule has 0 spiro atoms. The van der Waals surface area contributed by atoms with E-state index in [9.17, 15) is 0 Å². The molecule has 1 aromatic rings. The normalized spacial score (nSPS) is 17.1. The summed E-state index contributed by atoms with van der Waals surface area (Å²) in [7, 11) is 2.10. The summed E-state index contributed by atoms with van der Waals surface area (Å²) in [6.45, 7) is 9.65. The van der Waals surface area contributed by atoms with Crippen LogP contribution in [0.15, 0.2) is 12.1 Å². The Morgan fingerprint density at radius 1 is 1.33 bits per heavy atom. The first-order chi connectivity index (χ1) is 9.75. The number of fused-ring (bicyclic) bond motifs is 1. The smallest absolute Gasteiger partial charge is 0.231 e. The van der Waals surface area contributed by atoms with E-state index in [4.69, 9.17) is 26.8 Å². The highest BCUT2D eigenvalue weighted by atomic mass is 35.5. The van der Waals surface area contributed by atoms with E-state index in [1.807, 2.05) is 12.1 Å². The van der Waals surface area contributed by atoms with Crippen LogP contribution >= 0.6 is 11.6 Å². The number of benzene rings is 1. The Labute approximate surface area is 132 Å². The lowest BCUT2D eigenvalue weighted by Gasteiger charge is -2.40. The van der Waals surface area contributed by atoms with Crippen molar-refractivity contribution in [3.8, 4) is 11.5 Å². The van der Waals surface area contributed by atoms with E-state index < -0.39 is 0 Å². The molecule has 0 saturated heterocycles. The summed E-state index contributed by atoms with van der Waals surface area (Å²) in [5, 5.41) is 0.579. The zero-order valence-electron chi connectivity index (χ0n) is 13.4. The molecule has 1 aliphatic heterocycles. The molecule has 1 aliphatic rings. The third kappa shape index (κ3) is 3.28. The summed E-state index contributed by atoms with van der Waals surface area (Å²) in [6, 6.07) is 4.37. The van der Waals surface area contributed by atoms with E-state index in [1.54, 1.807) is 0 Å². The largest absolute Gasteiger partial charge is 0.454 e. The van der Waals surface area contributed by atoms with Crippen LogP contribution in [0, 0.1) is 5.41 Å². The highest BCUT2D eigenvalue weighted by Gasteiger charge is 2.30. The molecule has 118 valence electrons. The fourth-order valence-corrected chi connectivity index (χ4v) is 2.87. The van der Waals surface area contributed by atoms with Crippen molar-refractivity contribution >= 4 is 11.6 Å². The molecule has 0 amide bonds. The van der Waals surface area contributed by atoms with Gasteiger partial charge in [0.25, 0.3) is 0 Å². The molecule has 2 rings (SSSR count). The van der Waals surface area contributed by atoms with E-state index in [0.29, 0.717) is 29.1 Å². The fourth-order valence-electron chi connectivity index (χ4n) is 2.60. The van der Waals surface area contributed by atoms with E-state index in [1.165, 1.54) is 0 Å². The highest BCUT2D eigenvalue weighted by Crippen LogP contribution is 2.42. The topological polar surface area (TPSA) is 47.7 Å². The first-order valence-corrected chi connectivity index (χ1v) is 7.64. The molecule has 4 nitrogen and oxygen atoms in total. The van der Waals surface area contributed by atoms with Crippen LogP contribution in [0.2, 0.25) is 5.02 Å². The van der Waals surface area contributed by atoms with Gasteiger partial charge in [0, 0.05) is 18.6 Å². The van der Waals surface area contributed by atoms with Crippen LogP contribution in [-0.2, 0) is 0 Å². The number of halogens is 1. The van der Waals surface area contributed by atoms with Gasteiger partial charge in [-0.2, -0.15) is 0 Å². The molecular weight excluding hydrogens is 288 g/mol. The highest BCUT2D eigenvalue weighted by molar-refractivity contribution is 6.32. The second kappa shape index (κ2) is 6.03. The molecule has 0 saturated carbocycles. The van der Waals surface area contributed by atoms with E-state index in [-0.39, 0.29) is 18.2 Å². The van der Waals surface area contributed by atoms with Crippen LogP contribution in [0.25, 0.3) is 0 Å². The standard InChI is InChI=1S/C16H25ClN2O2/c1-10(16(2,3)4)19(5)13(8-18)11-6-12(17)15-14(7-11)20-9-21-15/h6-7,10,13H,8-9,18H2,1-5H3. The molecule has 2 N–H and O–H groups in total. The van der Waals surface area contributed by atoms with Gasteiger partial charge in [0.1, 0.15) is 0 Å². The van der Waals surface area contributed by atoms with Crippen LogP contribution in [0.4, 0.5) is 0 Å². The number of hydrogen-bond donors (Lipinski definition) is 1. The Kier molecular flexibility index (Phi) is 4.71. The van der Waals surface area contributed by atoms with Gasteiger partial charge in [0.05, 0.1) is 5.02 Å². The van der Waals surface area contributed by atoms with Crippen molar-refractivity contribution in [3.05, 3.63) is 22.7 Å². The number of hydrogen-bond acceptors (Lipinski definition) is 4. The Morgan fingerprint density at radius 3 is 2.57 bits per heavy atom.